The van der Waals surface area contributed by atoms with E-state index in [0.29, 0.717) is 32.3 Å². The number of guanidine groups is 1. The molecule has 0 aliphatic carbocycles. The molecule has 1 aromatic rings. The third-order valence-corrected chi connectivity index (χ3v) is 3.05. The zero-order chi connectivity index (χ0) is 16.2. The van der Waals surface area contributed by atoms with Crippen molar-refractivity contribution >= 4 is 29.9 Å². The summed E-state index contributed by atoms with van der Waals surface area (Å²) in [5, 5.41) is 2.99. The van der Waals surface area contributed by atoms with Gasteiger partial charge in [-0.3, -0.25) is 4.99 Å². The molecule has 0 unspecified atom stereocenters. The van der Waals surface area contributed by atoms with Gasteiger partial charge in [-0.2, -0.15) is 0 Å². The molecule has 0 saturated heterocycles. The molecule has 0 aromatic heterocycles. The van der Waals surface area contributed by atoms with Crippen LogP contribution < -0.4 is 20.5 Å². The first-order chi connectivity index (χ1) is 10.7. The zero-order valence-corrected chi connectivity index (χ0v) is 16.5. The van der Waals surface area contributed by atoms with Gasteiger partial charge in [0.1, 0.15) is 0 Å². The monoisotopic (exact) mass is 437 g/mol. The second-order valence-electron chi connectivity index (χ2n) is 4.71. The minimum atomic E-state index is 0. The lowest BCUT2D eigenvalue weighted by Gasteiger charge is -2.11. The molecular formula is C16H28IN3O3. The zero-order valence-electron chi connectivity index (χ0n) is 14.1. The van der Waals surface area contributed by atoms with E-state index < -0.39 is 0 Å². The molecule has 0 radical (unpaired) electrons. The SMILES string of the molecule is CCOc1cc(CCCN=C(N)NCCOC)ccc1OC.I. The van der Waals surface area contributed by atoms with E-state index in [9.17, 15) is 0 Å². The van der Waals surface area contributed by atoms with Gasteiger partial charge in [-0.25, -0.2) is 0 Å². The molecule has 0 atom stereocenters. The third kappa shape index (κ3) is 8.85. The molecule has 0 fully saturated rings. The highest BCUT2D eigenvalue weighted by molar-refractivity contribution is 14.0. The molecule has 0 bridgehead atoms. The summed E-state index contributed by atoms with van der Waals surface area (Å²) in [7, 11) is 3.30. The van der Waals surface area contributed by atoms with E-state index in [0.717, 1.165) is 24.3 Å². The quantitative estimate of drug-likeness (QED) is 0.254. The molecular weight excluding hydrogens is 409 g/mol. The van der Waals surface area contributed by atoms with Crippen LogP contribution in [0.5, 0.6) is 11.5 Å². The molecule has 0 aliphatic rings. The van der Waals surface area contributed by atoms with Gasteiger partial charge in [0.25, 0.3) is 0 Å². The fourth-order valence-corrected chi connectivity index (χ4v) is 1.96. The Morgan fingerprint density at radius 3 is 2.70 bits per heavy atom. The third-order valence-electron chi connectivity index (χ3n) is 3.05. The summed E-state index contributed by atoms with van der Waals surface area (Å²) in [6.07, 6.45) is 1.84. The Balaban J connectivity index is 0.00000484. The fourth-order valence-electron chi connectivity index (χ4n) is 1.96. The summed E-state index contributed by atoms with van der Waals surface area (Å²) in [5.74, 6) is 2.00. The van der Waals surface area contributed by atoms with Gasteiger partial charge in [0.15, 0.2) is 17.5 Å². The van der Waals surface area contributed by atoms with Gasteiger partial charge in [-0.15, -0.1) is 24.0 Å². The van der Waals surface area contributed by atoms with Crippen molar-refractivity contribution in [1.82, 2.24) is 5.32 Å². The lowest BCUT2D eigenvalue weighted by Crippen LogP contribution is -2.34. The second kappa shape index (κ2) is 13.2. The molecule has 132 valence electrons. The Bertz CT molecular complexity index is 470. The Morgan fingerprint density at radius 1 is 1.26 bits per heavy atom. The lowest BCUT2D eigenvalue weighted by atomic mass is 10.1. The maximum atomic E-state index is 5.74. The first kappa shape index (κ1) is 21.8. The standard InChI is InChI=1S/C16H27N3O3.HI/c1-4-22-15-12-13(7-8-14(15)21-3)6-5-9-18-16(17)19-10-11-20-2;/h7-8,12H,4-6,9-11H2,1-3H3,(H3,17,18,19);1H. The first-order valence-corrected chi connectivity index (χ1v) is 7.53. The average Bonchev–Trinajstić information content (AvgIpc) is 2.52. The number of aryl methyl sites for hydroxylation is 1. The van der Waals surface area contributed by atoms with E-state index >= 15 is 0 Å². The molecule has 7 heteroatoms. The molecule has 0 aliphatic heterocycles. The highest BCUT2D eigenvalue weighted by atomic mass is 127. The second-order valence-corrected chi connectivity index (χ2v) is 4.71. The summed E-state index contributed by atoms with van der Waals surface area (Å²) in [6.45, 7) is 4.54. The average molecular weight is 437 g/mol. The number of benzene rings is 1. The summed E-state index contributed by atoms with van der Waals surface area (Å²) in [6, 6.07) is 6.00. The van der Waals surface area contributed by atoms with Crippen LogP contribution in [0.2, 0.25) is 0 Å². The van der Waals surface area contributed by atoms with E-state index in [4.69, 9.17) is 19.9 Å². The van der Waals surface area contributed by atoms with Gasteiger partial charge in [0.2, 0.25) is 0 Å². The van der Waals surface area contributed by atoms with E-state index in [-0.39, 0.29) is 24.0 Å². The van der Waals surface area contributed by atoms with Crippen molar-refractivity contribution in [2.45, 2.75) is 19.8 Å². The molecule has 0 spiro atoms. The van der Waals surface area contributed by atoms with Crippen molar-refractivity contribution in [3.63, 3.8) is 0 Å². The fraction of sp³-hybridized carbons (Fsp3) is 0.562. The van der Waals surface area contributed by atoms with Gasteiger partial charge in [0.05, 0.1) is 20.3 Å². The Morgan fingerprint density at radius 2 is 2.04 bits per heavy atom. The van der Waals surface area contributed by atoms with Crippen LogP contribution in [0.3, 0.4) is 0 Å². The Kier molecular flexibility index (Phi) is 12.5. The van der Waals surface area contributed by atoms with Gasteiger partial charge in [-0.05, 0) is 37.5 Å². The molecule has 0 heterocycles. The number of nitrogens with one attached hydrogen (secondary N) is 1. The van der Waals surface area contributed by atoms with E-state index in [2.05, 4.69) is 10.3 Å². The van der Waals surface area contributed by atoms with Crippen molar-refractivity contribution in [3.05, 3.63) is 23.8 Å². The van der Waals surface area contributed by atoms with Crippen molar-refractivity contribution in [2.24, 2.45) is 10.7 Å². The maximum absolute atomic E-state index is 5.74. The van der Waals surface area contributed by atoms with Crippen molar-refractivity contribution in [2.75, 3.05) is 40.5 Å². The highest BCUT2D eigenvalue weighted by Crippen LogP contribution is 2.28. The summed E-state index contributed by atoms with van der Waals surface area (Å²) in [5.41, 5.74) is 6.94. The highest BCUT2D eigenvalue weighted by Gasteiger charge is 2.05. The topological polar surface area (TPSA) is 78.1 Å². The van der Waals surface area contributed by atoms with Crippen molar-refractivity contribution in [3.8, 4) is 11.5 Å². The number of methoxy groups -OCH3 is 2. The van der Waals surface area contributed by atoms with Crippen molar-refractivity contribution < 1.29 is 14.2 Å². The molecule has 0 saturated carbocycles. The predicted molar refractivity (Wildman–Crippen MR) is 104 cm³/mol. The smallest absolute Gasteiger partial charge is 0.188 e. The number of rotatable bonds is 10. The normalized spacial score (nSPS) is 10.8. The number of hydrogen-bond acceptors (Lipinski definition) is 4. The van der Waals surface area contributed by atoms with Crippen LogP contribution in [-0.2, 0) is 11.2 Å². The van der Waals surface area contributed by atoms with Crippen LogP contribution >= 0.6 is 24.0 Å². The molecule has 1 rings (SSSR count). The summed E-state index contributed by atoms with van der Waals surface area (Å²) >= 11 is 0. The van der Waals surface area contributed by atoms with Crippen LogP contribution in [0.1, 0.15) is 18.9 Å². The van der Waals surface area contributed by atoms with Crippen LogP contribution in [0, 0.1) is 0 Å². The summed E-state index contributed by atoms with van der Waals surface area (Å²) < 4.78 is 15.8. The predicted octanol–water partition coefficient (Wildman–Crippen LogP) is 2.20. The van der Waals surface area contributed by atoms with Gasteiger partial charge < -0.3 is 25.3 Å². The van der Waals surface area contributed by atoms with Crippen LogP contribution in [0.15, 0.2) is 23.2 Å². The van der Waals surface area contributed by atoms with Crippen molar-refractivity contribution in [1.29, 1.82) is 0 Å². The number of halogens is 1. The minimum Gasteiger partial charge on any atom is -0.493 e. The largest absolute Gasteiger partial charge is 0.493 e. The van der Waals surface area contributed by atoms with E-state index in [1.54, 1.807) is 14.2 Å². The van der Waals surface area contributed by atoms with E-state index in [1.807, 2.05) is 25.1 Å². The number of nitrogens with two attached hydrogens (primary N) is 1. The summed E-state index contributed by atoms with van der Waals surface area (Å²) in [4.78, 5) is 4.28. The van der Waals surface area contributed by atoms with Gasteiger partial charge >= 0.3 is 0 Å². The number of aliphatic imine (C=N–C) groups is 1. The maximum Gasteiger partial charge on any atom is 0.188 e. The van der Waals surface area contributed by atoms with Crippen LogP contribution in [0.4, 0.5) is 0 Å². The molecule has 23 heavy (non-hydrogen) atoms. The molecule has 3 N–H and O–H groups in total. The first-order valence-electron chi connectivity index (χ1n) is 7.53. The Labute approximate surface area is 155 Å². The Hall–Kier alpha value is -1.22. The van der Waals surface area contributed by atoms with E-state index in [1.165, 1.54) is 5.56 Å². The minimum absolute atomic E-state index is 0. The molecule has 1 aromatic carbocycles. The number of nitrogens with zero attached hydrogens (tertiary/aromatic N) is 1. The van der Waals surface area contributed by atoms with Crippen LogP contribution in [0.25, 0.3) is 0 Å². The number of ether oxygens (including phenoxy) is 3. The molecule has 6 nitrogen and oxygen atoms in total. The van der Waals surface area contributed by atoms with Gasteiger partial charge in [0, 0.05) is 20.2 Å². The lowest BCUT2D eigenvalue weighted by molar-refractivity contribution is 0.204. The van der Waals surface area contributed by atoms with Crippen LogP contribution in [-0.4, -0.2) is 46.5 Å². The molecule has 0 amide bonds. The number of hydrogen-bond donors (Lipinski definition) is 2. The van der Waals surface area contributed by atoms with Gasteiger partial charge in [-0.1, -0.05) is 6.07 Å².